The molecule has 0 radical (unpaired) electrons. The van der Waals surface area contributed by atoms with Crippen LogP contribution in [0.15, 0.2) is 30.3 Å². The summed E-state index contributed by atoms with van der Waals surface area (Å²) >= 11 is 0. The van der Waals surface area contributed by atoms with Crippen LogP contribution in [0.1, 0.15) is 60.8 Å². The number of piperidine rings is 1. The van der Waals surface area contributed by atoms with Crippen LogP contribution in [0.2, 0.25) is 0 Å². The summed E-state index contributed by atoms with van der Waals surface area (Å²) in [6, 6.07) is 8.58. The lowest BCUT2D eigenvalue weighted by Gasteiger charge is -2.32. The fourth-order valence-electron chi connectivity index (χ4n) is 3.41. The third-order valence-electron chi connectivity index (χ3n) is 5.00. The second-order valence-electron chi connectivity index (χ2n) is 7.29. The van der Waals surface area contributed by atoms with E-state index in [0.717, 1.165) is 50.0 Å². The van der Waals surface area contributed by atoms with Crippen molar-refractivity contribution in [1.82, 2.24) is 15.1 Å². The number of likely N-dealkylation sites (tertiary alicyclic amines) is 1. The summed E-state index contributed by atoms with van der Waals surface area (Å²) in [4.78, 5) is 14.6. The van der Waals surface area contributed by atoms with Crippen LogP contribution in [0.25, 0.3) is 0 Å². The first-order valence-electron chi connectivity index (χ1n) is 9.12. The van der Waals surface area contributed by atoms with Crippen molar-refractivity contribution in [2.75, 3.05) is 13.1 Å². The van der Waals surface area contributed by atoms with Crippen LogP contribution in [0, 0.1) is 11.7 Å². The maximum Gasteiger partial charge on any atom is 0.274 e. The highest BCUT2D eigenvalue weighted by Gasteiger charge is 2.26. The zero-order valence-corrected chi connectivity index (χ0v) is 15.0. The standard InChI is InChI=1S/C20H26FN3O/c1-14(2)18-12-19(23-22-18)20(25)24-11-3-4-16(13-24)6-5-15-7-9-17(21)10-8-15/h7-10,12,14,16H,3-6,11,13H2,1-2H3,(H,22,23)/t16-/m1/s1. The molecule has 1 aromatic heterocycles. The molecule has 4 nitrogen and oxygen atoms in total. The van der Waals surface area contributed by atoms with E-state index < -0.39 is 0 Å². The van der Waals surface area contributed by atoms with Crippen LogP contribution in [-0.4, -0.2) is 34.1 Å². The van der Waals surface area contributed by atoms with Gasteiger partial charge in [-0.2, -0.15) is 5.10 Å². The lowest BCUT2D eigenvalue weighted by Crippen LogP contribution is -2.40. The molecule has 1 atom stereocenters. The molecule has 5 heteroatoms. The lowest BCUT2D eigenvalue weighted by atomic mass is 9.91. The molecule has 0 saturated carbocycles. The lowest BCUT2D eigenvalue weighted by molar-refractivity contribution is 0.0662. The summed E-state index contributed by atoms with van der Waals surface area (Å²) in [5.74, 6) is 0.651. The topological polar surface area (TPSA) is 49.0 Å². The average Bonchev–Trinajstić information content (AvgIpc) is 3.11. The smallest absolute Gasteiger partial charge is 0.274 e. The van der Waals surface area contributed by atoms with Crippen LogP contribution >= 0.6 is 0 Å². The van der Waals surface area contributed by atoms with E-state index in [1.807, 2.05) is 23.1 Å². The van der Waals surface area contributed by atoms with Gasteiger partial charge in [-0.05, 0) is 61.3 Å². The monoisotopic (exact) mass is 343 g/mol. The Morgan fingerprint density at radius 1 is 1.36 bits per heavy atom. The molecule has 1 aliphatic heterocycles. The van der Waals surface area contributed by atoms with E-state index in [1.165, 1.54) is 12.1 Å². The predicted molar refractivity (Wildman–Crippen MR) is 96.0 cm³/mol. The Kier molecular flexibility index (Phi) is 5.51. The minimum absolute atomic E-state index is 0.0228. The number of nitrogens with one attached hydrogen (secondary N) is 1. The highest BCUT2D eigenvalue weighted by molar-refractivity contribution is 5.92. The van der Waals surface area contributed by atoms with Crippen LogP contribution in [0.3, 0.4) is 0 Å². The van der Waals surface area contributed by atoms with E-state index in [1.54, 1.807) is 0 Å². The minimum atomic E-state index is -0.196. The van der Waals surface area contributed by atoms with Crippen molar-refractivity contribution in [2.45, 2.75) is 45.4 Å². The largest absolute Gasteiger partial charge is 0.337 e. The zero-order chi connectivity index (χ0) is 17.8. The summed E-state index contributed by atoms with van der Waals surface area (Å²) in [7, 11) is 0. The highest BCUT2D eigenvalue weighted by Crippen LogP contribution is 2.23. The van der Waals surface area contributed by atoms with Crippen molar-refractivity contribution in [2.24, 2.45) is 5.92 Å². The number of H-pyrrole nitrogens is 1. The number of hydrogen-bond acceptors (Lipinski definition) is 2. The molecule has 1 saturated heterocycles. The normalized spacial score (nSPS) is 17.9. The molecule has 1 amide bonds. The number of aromatic nitrogens is 2. The third kappa shape index (κ3) is 4.47. The number of carbonyl (C=O) groups is 1. The van der Waals surface area contributed by atoms with Crippen LogP contribution in [0.5, 0.6) is 0 Å². The Morgan fingerprint density at radius 2 is 2.12 bits per heavy atom. The first kappa shape index (κ1) is 17.6. The molecule has 0 unspecified atom stereocenters. The molecular formula is C20H26FN3O. The zero-order valence-electron chi connectivity index (χ0n) is 15.0. The van der Waals surface area contributed by atoms with Gasteiger partial charge >= 0.3 is 0 Å². The Bertz CT molecular complexity index is 708. The van der Waals surface area contributed by atoms with Crippen LogP contribution in [0.4, 0.5) is 4.39 Å². The second-order valence-corrected chi connectivity index (χ2v) is 7.29. The number of aryl methyl sites for hydroxylation is 1. The molecule has 2 aromatic rings. The van der Waals surface area contributed by atoms with E-state index in [2.05, 4.69) is 24.0 Å². The van der Waals surface area contributed by atoms with Crippen molar-refractivity contribution in [1.29, 1.82) is 0 Å². The van der Waals surface area contributed by atoms with Crippen LogP contribution < -0.4 is 0 Å². The minimum Gasteiger partial charge on any atom is -0.337 e. The Balaban J connectivity index is 1.56. The summed E-state index contributed by atoms with van der Waals surface area (Å²) in [5.41, 5.74) is 2.66. The maximum absolute atomic E-state index is 13.0. The Hall–Kier alpha value is -2.17. The molecule has 1 N–H and O–H groups in total. The molecule has 2 heterocycles. The molecule has 0 bridgehead atoms. The number of hydrogen-bond donors (Lipinski definition) is 1. The molecule has 3 rings (SSSR count). The number of nitrogens with zero attached hydrogens (tertiary/aromatic N) is 2. The van der Waals surface area contributed by atoms with Crippen molar-refractivity contribution < 1.29 is 9.18 Å². The number of benzene rings is 1. The molecule has 1 fully saturated rings. The summed E-state index contributed by atoms with van der Waals surface area (Å²) in [5, 5.41) is 7.15. The van der Waals surface area contributed by atoms with Gasteiger partial charge in [-0.15, -0.1) is 0 Å². The molecule has 1 aromatic carbocycles. The number of carbonyl (C=O) groups excluding carboxylic acids is 1. The third-order valence-corrected chi connectivity index (χ3v) is 5.00. The number of halogens is 1. The summed E-state index contributed by atoms with van der Waals surface area (Å²) in [6.45, 7) is 5.74. The molecular weight excluding hydrogens is 317 g/mol. The van der Waals surface area contributed by atoms with Crippen molar-refractivity contribution in [3.05, 3.63) is 53.1 Å². The number of aromatic amines is 1. The Morgan fingerprint density at radius 3 is 2.80 bits per heavy atom. The average molecular weight is 343 g/mol. The van der Waals surface area contributed by atoms with Crippen LogP contribution in [-0.2, 0) is 6.42 Å². The molecule has 0 aliphatic carbocycles. The van der Waals surface area contributed by atoms with Gasteiger partial charge in [0.1, 0.15) is 11.5 Å². The fraction of sp³-hybridized carbons (Fsp3) is 0.500. The van der Waals surface area contributed by atoms with Gasteiger partial charge in [0, 0.05) is 18.8 Å². The first-order valence-corrected chi connectivity index (χ1v) is 9.12. The molecule has 1 aliphatic rings. The van der Waals surface area contributed by atoms with Gasteiger partial charge in [0.2, 0.25) is 0 Å². The Labute approximate surface area is 148 Å². The van der Waals surface area contributed by atoms with Gasteiger partial charge < -0.3 is 4.90 Å². The van der Waals surface area contributed by atoms with Gasteiger partial charge in [0.25, 0.3) is 5.91 Å². The maximum atomic E-state index is 13.0. The molecule has 25 heavy (non-hydrogen) atoms. The van der Waals surface area contributed by atoms with Gasteiger partial charge in [0.15, 0.2) is 0 Å². The van der Waals surface area contributed by atoms with E-state index in [0.29, 0.717) is 17.5 Å². The second kappa shape index (κ2) is 7.81. The number of amides is 1. The van der Waals surface area contributed by atoms with E-state index in [9.17, 15) is 9.18 Å². The van der Waals surface area contributed by atoms with E-state index in [4.69, 9.17) is 0 Å². The quantitative estimate of drug-likeness (QED) is 0.886. The highest BCUT2D eigenvalue weighted by atomic mass is 19.1. The van der Waals surface area contributed by atoms with Crippen molar-refractivity contribution in [3.63, 3.8) is 0 Å². The summed E-state index contributed by atoms with van der Waals surface area (Å²) < 4.78 is 13.0. The van der Waals surface area contributed by atoms with E-state index in [-0.39, 0.29) is 11.7 Å². The van der Waals surface area contributed by atoms with E-state index >= 15 is 0 Å². The predicted octanol–water partition coefficient (Wildman–Crippen LogP) is 4.16. The van der Waals surface area contributed by atoms with Gasteiger partial charge in [0.05, 0.1) is 0 Å². The fourth-order valence-corrected chi connectivity index (χ4v) is 3.41. The van der Waals surface area contributed by atoms with Gasteiger partial charge in [-0.3, -0.25) is 9.89 Å². The van der Waals surface area contributed by atoms with Crippen molar-refractivity contribution in [3.8, 4) is 0 Å². The summed E-state index contributed by atoms with van der Waals surface area (Å²) in [6.07, 6.45) is 4.12. The first-order chi connectivity index (χ1) is 12.0. The SMILES string of the molecule is CC(C)c1cc(C(=O)N2CCC[C@H](CCc3ccc(F)cc3)C2)n[nH]1. The molecule has 134 valence electrons. The number of rotatable bonds is 5. The van der Waals surface area contributed by atoms with Gasteiger partial charge in [-0.25, -0.2) is 4.39 Å². The van der Waals surface area contributed by atoms with Crippen molar-refractivity contribution >= 4 is 5.91 Å². The van der Waals surface area contributed by atoms with Gasteiger partial charge in [-0.1, -0.05) is 26.0 Å². The molecule has 0 spiro atoms.